The summed E-state index contributed by atoms with van der Waals surface area (Å²) in [5.74, 6) is 2.62. The molecular formula is C13H19N3O2. The Balaban J connectivity index is 2.18. The van der Waals surface area contributed by atoms with Crippen molar-refractivity contribution in [2.75, 3.05) is 6.54 Å². The smallest absolute Gasteiger partial charge is 0.283 e. The van der Waals surface area contributed by atoms with Crippen molar-refractivity contribution in [1.82, 2.24) is 15.5 Å². The molecule has 0 bridgehead atoms. The highest BCUT2D eigenvalue weighted by molar-refractivity contribution is 5.43. The Hall–Kier alpha value is -1.62. The van der Waals surface area contributed by atoms with Crippen LogP contribution in [0.4, 0.5) is 0 Å². The maximum atomic E-state index is 5.65. The molecule has 98 valence electrons. The van der Waals surface area contributed by atoms with Gasteiger partial charge in [0.1, 0.15) is 5.76 Å². The largest absolute Gasteiger partial charge is 0.456 e. The monoisotopic (exact) mass is 249 g/mol. The summed E-state index contributed by atoms with van der Waals surface area (Å²) in [6.07, 6.45) is 1.77. The molecule has 18 heavy (non-hydrogen) atoms. The molecule has 0 radical (unpaired) electrons. The molecule has 0 fully saturated rings. The van der Waals surface area contributed by atoms with Gasteiger partial charge in [-0.05, 0) is 25.1 Å². The van der Waals surface area contributed by atoms with Crippen LogP contribution in [0.2, 0.25) is 0 Å². The average Bonchev–Trinajstić information content (AvgIpc) is 3.03. The number of hydrogen-bond acceptors (Lipinski definition) is 5. The van der Waals surface area contributed by atoms with Gasteiger partial charge in [0, 0.05) is 6.42 Å². The number of aromatic nitrogens is 2. The van der Waals surface area contributed by atoms with E-state index in [2.05, 4.69) is 29.4 Å². The van der Waals surface area contributed by atoms with Crippen LogP contribution in [0.25, 0.3) is 11.7 Å². The molecule has 0 aromatic carbocycles. The molecular weight excluding hydrogens is 230 g/mol. The van der Waals surface area contributed by atoms with Crippen molar-refractivity contribution in [3.63, 3.8) is 0 Å². The summed E-state index contributed by atoms with van der Waals surface area (Å²) in [6.45, 7) is 7.05. The molecule has 0 aliphatic heterocycles. The van der Waals surface area contributed by atoms with Gasteiger partial charge in [-0.3, -0.25) is 0 Å². The molecule has 5 heteroatoms. The van der Waals surface area contributed by atoms with E-state index in [1.807, 2.05) is 19.1 Å². The van der Waals surface area contributed by atoms with Crippen molar-refractivity contribution in [3.8, 4) is 11.7 Å². The van der Waals surface area contributed by atoms with Crippen LogP contribution in [0, 0.1) is 0 Å². The van der Waals surface area contributed by atoms with E-state index in [1.165, 1.54) is 0 Å². The summed E-state index contributed by atoms with van der Waals surface area (Å²) >= 11 is 0. The van der Waals surface area contributed by atoms with Gasteiger partial charge >= 0.3 is 0 Å². The summed E-state index contributed by atoms with van der Waals surface area (Å²) < 4.78 is 11.2. The van der Waals surface area contributed by atoms with Crippen molar-refractivity contribution in [2.24, 2.45) is 0 Å². The van der Waals surface area contributed by atoms with Crippen molar-refractivity contribution >= 4 is 0 Å². The maximum Gasteiger partial charge on any atom is 0.283 e. The van der Waals surface area contributed by atoms with E-state index in [9.17, 15) is 0 Å². The Kier molecular flexibility index (Phi) is 4.15. The zero-order valence-corrected chi connectivity index (χ0v) is 11.1. The van der Waals surface area contributed by atoms with Gasteiger partial charge in [0.2, 0.25) is 5.89 Å². The van der Waals surface area contributed by atoms with Crippen LogP contribution in [0.5, 0.6) is 0 Å². The second kappa shape index (κ2) is 5.82. The number of furan rings is 1. The number of nitrogens with one attached hydrogen (secondary N) is 1. The van der Waals surface area contributed by atoms with Crippen LogP contribution in [-0.2, 0) is 6.42 Å². The quantitative estimate of drug-likeness (QED) is 0.852. The molecule has 2 aromatic rings. The highest BCUT2D eigenvalue weighted by atomic mass is 16.4. The van der Waals surface area contributed by atoms with E-state index in [1.54, 1.807) is 0 Å². The van der Waals surface area contributed by atoms with Gasteiger partial charge in [0.05, 0.1) is 6.04 Å². The lowest BCUT2D eigenvalue weighted by molar-refractivity contribution is 0.394. The minimum atomic E-state index is 0.108. The Morgan fingerprint density at radius 2 is 2.00 bits per heavy atom. The molecule has 0 aliphatic rings. The normalized spacial score (nSPS) is 12.8. The van der Waals surface area contributed by atoms with Crippen LogP contribution >= 0.6 is 0 Å². The topological polar surface area (TPSA) is 64.1 Å². The molecule has 1 unspecified atom stereocenters. The summed E-state index contributed by atoms with van der Waals surface area (Å²) in [7, 11) is 0. The van der Waals surface area contributed by atoms with Gasteiger partial charge in [0.15, 0.2) is 5.76 Å². The predicted molar refractivity (Wildman–Crippen MR) is 68.1 cm³/mol. The van der Waals surface area contributed by atoms with Gasteiger partial charge in [-0.15, -0.1) is 10.2 Å². The lowest BCUT2D eigenvalue weighted by atomic mass is 10.2. The first kappa shape index (κ1) is 12.8. The molecule has 1 N–H and O–H groups in total. The molecule has 5 nitrogen and oxygen atoms in total. The van der Waals surface area contributed by atoms with Crippen LogP contribution < -0.4 is 5.32 Å². The summed E-state index contributed by atoms with van der Waals surface area (Å²) in [6, 6.07) is 3.90. The van der Waals surface area contributed by atoms with E-state index >= 15 is 0 Å². The van der Waals surface area contributed by atoms with E-state index in [0.29, 0.717) is 17.5 Å². The van der Waals surface area contributed by atoms with Crippen molar-refractivity contribution in [3.05, 3.63) is 23.8 Å². The SMILES string of the molecule is CCNC(CC)c1nnc(-c2ccc(CC)o2)o1. The fraction of sp³-hybridized carbons (Fsp3) is 0.538. The average molecular weight is 249 g/mol. The molecule has 2 aromatic heterocycles. The minimum Gasteiger partial charge on any atom is -0.456 e. The second-order valence-corrected chi connectivity index (χ2v) is 4.08. The Bertz CT molecular complexity index is 490. The van der Waals surface area contributed by atoms with Crippen molar-refractivity contribution in [2.45, 2.75) is 39.7 Å². The number of aryl methyl sites for hydroxylation is 1. The number of rotatable bonds is 6. The standard InChI is InChI=1S/C13H19N3O2/c1-4-9-7-8-11(17-9)13-16-15-12(18-13)10(5-2)14-6-3/h7-8,10,14H,4-6H2,1-3H3. The number of hydrogen-bond donors (Lipinski definition) is 1. The molecule has 0 spiro atoms. The maximum absolute atomic E-state index is 5.65. The van der Waals surface area contributed by atoms with Gasteiger partial charge in [0.25, 0.3) is 5.89 Å². The first-order chi connectivity index (χ1) is 8.78. The lowest BCUT2D eigenvalue weighted by Crippen LogP contribution is -2.20. The zero-order valence-electron chi connectivity index (χ0n) is 11.1. The Morgan fingerprint density at radius 1 is 1.17 bits per heavy atom. The zero-order chi connectivity index (χ0) is 13.0. The third-order valence-corrected chi connectivity index (χ3v) is 2.82. The Labute approximate surface area is 107 Å². The second-order valence-electron chi connectivity index (χ2n) is 4.08. The first-order valence-corrected chi connectivity index (χ1v) is 6.44. The minimum absolute atomic E-state index is 0.108. The summed E-state index contributed by atoms with van der Waals surface area (Å²) in [4.78, 5) is 0. The van der Waals surface area contributed by atoms with Crippen molar-refractivity contribution < 1.29 is 8.83 Å². The third kappa shape index (κ3) is 2.61. The molecule has 1 atom stereocenters. The van der Waals surface area contributed by atoms with Crippen molar-refractivity contribution in [1.29, 1.82) is 0 Å². The predicted octanol–water partition coefficient (Wildman–Crippen LogP) is 2.95. The molecule has 2 heterocycles. The van der Waals surface area contributed by atoms with Crippen LogP contribution in [0.15, 0.2) is 21.0 Å². The van der Waals surface area contributed by atoms with Crippen LogP contribution in [0.3, 0.4) is 0 Å². The third-order valence-electron chi connectivity index (χ3n) is 2.82. The molecule has 0 aliphatic carbocycles. The van der Waals surface area contributed by atoms with Gasteiger partial charge in [-0.2, -0.15) is 0 Å². The van der Waals surface area contributed by atoms with Crippen LogP contribution in [-0.4, -0.2) is 16.7 Å². The lowest BCUT2D eigenvalue weighted by Gasteiger charge is -2.09. The molecule has 0 saturated carbocycles. The van der Waals surface area contributed by atoms with Gasteiger partial charge in [-0.1, -0.05) is 20.8 Å². The van der Waals surface area contributed by atoms with E-state index in [0.717, 1.165) is 25.1 Å². The highest BCUT2D eigenvalue weighted by Crippen LogP contribution is 2.24. The summed E-state index contributed by atoms with van der Waals surface area (Å²) in [5.41, 5.74) is 0. The molecule has 2 rings (SSSR count). The highest BCUT2D eigenvalue weighted by Gasteiger charge is 2.18. The fourth-order valence-electron chi connectivity index (χ4n) is 1.81. The summed E-state index contributed by atoms with van der Waals surface area (Å²) in [5, 5.41) is 11.4. The molecule has 0 saturated heterocycles. The first-order valence-electron chi connectivity index (χ1n) is 6.44. The molecule has 0 amide bonds. The van der Waals surface area contributed by atoms with E-state index in [-0.39, 0.29) is 6.04 Å². The van der Waals surface area contributed by atoms with Gasteiger partial charge in [-0.25, -0.2) is 0 Å². The number of nitrogens with zero attached hydrogens (tertiary/aromatic N) is 2. The fourth-order valence-corrected chi connectivity index (χ4v) is 1.81. The van der Waals surface area contributed by atoms with E-state index < -0.39 is 0 Å². The van der Waals surface area contributed by atoms with Gasteiger partial charge < -0.3 is 14.2 Å². The Morgan fingerprint density at radius 3 is 2.61 bits per heavy atom. The van der Waals surface area contributed by atoms with E-state index in [4.69, 9.17) is 8.83 Å². The van der Waals surface area contributed by atoms with Crippen LogP contribution in [0.1, 0.15) is 44.9 Å².